The molecule has 1 aliphatic rings. The summed E-state index contributed by atoms with van der Waals surface area (Å²) in [5, 5.41) is 0. The number of unbranched alkanes of at least 4 members (excludes halogenated alkanes) is 13. The van der Waals surface area contributed by atoms with Gasteiger partial charge in [0.05, 0.1) is 0 Å². The number of hydrogen-bond acceptors (Lipinski definition) is 2. The Morgan fingerprint density at radius 3 is 1.37 bits per heavy atom. The predicted molar refractivity (Wildman–Crippen MR) is 122 cm³/mol. The summed E-state index contributed by atoms with van der Waals surface area (Å²) in [6.45, 7) is 9.42. The zero-order valence-electron chi connectivity index (χ0n) is 19.1. The summed E-state index contributed by atoms with van der Waals surface area (Å²) < 4.78 is 0. The minimum Gasteiger partial charge on any atom is -0.356 e. The van der Waals surface area contributed by atoms with Gasteiger partial charge >= 0.3 is 0 Å². The highest BCUT2D eigenvalue weighted by atomic mass is 15.4. The summed E-state index contributed by atoms with van der Waals surface area (Å²) in [6, 6.07) is 0. The van der Waals surface area contributed by atoms with Crippen LogP contribution in [0.15, 0.2) is 12.4 Å². The molecule has 0 fully saturated rings. The summed E-state index contributed by atoms with van der Waals surface area (Å²) in [7, 11) is 0. The van der Waals surface area contributed by atoms with Crippen molar-refractivity contribution in [3.05, 3.63) is 12.4 Å². The van der Waals surface area contributed by atoms with Crippen LogP contribution in [0.25, 0.3) is 0 Å². The fourth-order valence-electron chi connectivity index (χ4n) is 4.24. The molecule has 1 aliphatic heterocycles. The van der Waals surface area contributed by atoms with Crippen LogP contribution < -0.4 is 0 Å². The maximum absolute atomic E-state index is 2.66. The van der Waals surface area contributed by atoms with Gasteiger partial charge in [0.15, 0.2) is 0 Å². The fraction of sp³-hybridized carbons (Fsp3) is 0.920. The van der Waals surface area contributed by atoms with E-state index in [9.17, 15) is 0 Å². The van der Waals surface area contributed by atoms with Crippen molar-refractivity contribution in [2.75, 3.05) is 13.1 Å². The monoisotopic (exact) mass is 378 g/mol. The maximum atomic E-state index is 2.66. The molecule has 1 unspecified atom stereocenters. The zero-order valence-corrected chi connectivity index (χ0v) is 19.1. The third kappa shape index (κ3) is 11.7. The second-order valence-electron chi connectivity index (χ2n) is 8.64. The second kappa shape index (κ2) is 17.4. The molecule has 2 heteroatoms. The first kappa shape index (κ1) is 24.4. The van der Waals surface area contributed by atoms with E-state index in [1.807, 2.05) is 0 Å². The molecule has 27 heavy (non-hydrogen) atoms. The average molecular weight is 379 g/mol. The first-order valence-corrected chi connectivity index (χ1v) is 12.5. The van der Waals surface area contributed by atoms with Crippen molar-refractivity contribution in [3.8, 4) is 0 Å². The van der Waals surface area contributed by atoms with Gasteiger partial charge in [-0.2, -0.15) is 0 Å². The fourth-order valence-corrected chi connectivity index (χ4v) is 4.24. The van der Waals surface area contributed by atoms with Gasteiger partial charge in [0.1, 0.15) is 6.17 Å². The van der Waals surface area contributed by atoms with Crippen molar-refractivity contribution >= 4 is 0 Å². The Labute approximate surface area is 171 Å². The Morgan fingerprint density at radius 1 is 0.481 bits per heavy atom. The van der Waals surface area contributed by atoms with Crippen molar-refractivity contribution in [2.45, 2.75) is 136 Å². The molecule has 0 N–H and O–H groups in total. The first-order chi connectivity index (χ1) is 13.3. The van der Waals surface area contributed by atoms with Crippen LogP contribution in [0, 0.1) is 0 Å². The minimum absolute atomic E-state index is 0.646. The lowest BCUT2D eigenvalue weighted by Crippen LogP contribution is -2.39. The number of hydrogen-bond donors (Lipinski definition) is 0. The topological polar surface area (TPSA) is 6.48 Å². The van der Waals surface area contributed by atoms with E-state index in [2.05, 4.69) is 43.0 Å². The van der Waals surface area contributed by atoms with Crippen molar-refractivity contribution in [1.29, 1.82) is 0 Å². The molecule has 2 nitrogen and oxygen atoms in total. The Kier molecular flexibility index (Phi) is 15.7. The largest absolute Gasteiger partial charge is 0.356 e. The molecule has 0 amide bonds. The molecule has 160 valence electrons. The standard InChI is InChI=1S/C25H50N2/c1-4-7-10-12-14-15-17-20-25-26(21-18-9-6-3)23-24-27(25)22-19-16-13-11-8-5-2/h23-25H,4-22H2,1-3H3. The molecule has 0 saturated carbocycles. The molecule has 1 heterocycles. The quantitative estimate of drug-likeness (QED) is 0.209. The van der Waals surface area contributed by atoms with Gasteiger partial charge < -0.3 is 9.80 Å². The van der Waals surface area contributed by atoms with Gasteiger partial charge in [-0.1, -0.05) is 104 Å². The summed E-state index contributed by atoms with van der Waals surface area (Å²) in [4.78, 5) is 5.30. The molecule has 0 spiro atoms. The summed E-state index contributed by atoms with van der Waals surface area (Å²) >= 11 is 0. The van der Waals surface area contributed by atoms with E-state index < -0.39 is 0 Å². The Balaban J connectivity index is 2.28. The molecule has 0 aromatic heterocycles. The predicted octanol–water partition coefficient (Wildman–Crippen LogP) is 8.09. The van der Waals surface area contributed by atoms with E-state index in [4.69, 9.17) is 0 Å². The molecule has 0 aromatic carbocycles. The van der Waals surface area contributed by atoms with Crippen LogP contribution in [0.5, 0.6) is 0 Å². The van der Waals surface area contributed by atoms with Gasteiger partial charge in [-0.3, -0.25) is 0 Å². The van der Waals surface area contributed by atoms with Crippen molar-refractivity contribution in [2.24, 2.45) is 0 Å². The highest BCUT2D eigenvalue weighted by Crippen LogP contribution is 2.23. The molecule has 1 rings (SSSR count). The highest BCUT2D eigenvalue weighted by Gasteiger charge is 2.24. The third-order valence-corrected chi connectivity index (χ3v) is 6.07. The van der Waals surface area contributed by atoms with E-state index in [1.54, 1.807) is 0 Å². The molecule has 0 bridgehead atoms. The Morgan fingerprint density at radius 2 is 0.852 bits per heavy atom. The summed E-state index contributed by atoms with van der Waals surface area (Å²) in [5.74, 6) is 0. The minimum atomic E-state index is 0.646. The van der Waals surface area contributed by atoms with Gasteiger partial charge in [0, 0.05) is 25.5 Å². The normalized spacial score (nSPS) is 16.6. The number of nitrogens with zero attached hydrogens (tertiary/aromatic N) is 2. The van der Waals surface area contributed by atoms with Crippen molar-refractivity contribution < 1.29 is 0 Å². The van der Waals surface area contributed by atoms with Crippen molar-refractivity contribution in [3.63, 3.8) is 0 Å². The van der Waals surface area contributed by atoms with Gasteiger partial charge in [0.2, 0.25) is 0 Å². The first-order valence-electron chi connectivity index (χ1n) is 12.5. The lowest BCUT2D eigenvalue weighted by Gasteiger charge is -2.33. The third-order valence-electron chi connectivity index (χ3n) is 6.07. The molecular weight excluding hydrogens is 328 g/mol. The smallest absolute Gasteiger partial charge is 0.101 e. The van der Waals surface area contributed by atoms with Crippen molar-refractivity contribution in [1.82, 2.24) is 9.80 Å². The maximum Gasteiger partial charge on any atom is 0.101 e. The molecule has 0 aliphatic carbocycles. The lowest BCUT2D eigenvalue weighted by molar-refractivity contribution is 0.135. The Bertz CT molecular complexity index is 339. The highest BCUT2D eigenvalue weighted by molar-refractivity contribution is 4.96. The molecule has 1 atom stereocenters. The van der Waals surface area contributed by atoms with E-state index in [0.29, 0.717) is 6.17 Å². The second-order valence-corrected chi connectivity index (χ2v) is 8.64. The van der Waals surface area contributed by atoms with Crippen LogP contribution in [0.1, 0.15) is 130 Å². The van der Waals surface area contributed by atoms with E-state index in [0.717, 1.165) is 0 Å². The molecule has 0 saturated heterocycles. The zero-order chi connectivity index (χ0) is 19.6. The number of rotatable bonds is 19. The van der Waals surface area contributed by atoms with Gasteiger partial charge in [-0.05, 0) is 25.7 Å². The van der Waals surface area contributed by atoms with E-state index >= 15 is 0 Å². The SMILES string of the molecule is CCCCCCCCCC1N(CCCCC)C=CN1CCCCCCCC. The van der Waals surface area contributed by atoms with Crippen LogP contribution in [-0.2, 0) is 0 Å². The van der Waals surface area contributed by atoms with Crippen LogP contribution in [0.2, 0.25) is 0 Å². The summed E-state index contributed by atoms with van der Waals surface area (Å²) in [5.41, 5.74) is 0. The molecule has 0 radical (unpaired) electrons. The van der Waals surface area contributed by atoms with Gasteiger partial charge in [-0.25, -0.2) is 0 Å². The van der Waals surface area contributed by atoms with Gasteiger partial charge in [0.25, 0.3) is 0 Å². The Hall–Kier alpha value is -0.660. The molecular formula is C25H50N2. The van der Waals surface area contributed by atoms with Crippen LogP contribution in [-0.4, -0.2) is 29.1 Å². The lowest BCUT2D eigenvalue weighted by atomic mass is 10.1. The van der Waals surface area contributed by atoms with Gasteiger partial charge in [-0.15, -0.1) is 0 Å². The van der Waals surface area contributed by atoms with Crippen LogP contribution >= 0.6 is 0 Å². The van der Waals surface area contributed by atoms with E-state index in [1.165, 1.54) is 122 Å². The van der Waals surface area contributed by atoms with Crippen LogP contribution in [0.3, 0.4) is 0 Å². The van der Waals surface area contributed by atoms with Crippen LogP contribution in [0.4, 0.5) is 0 Å². The van der Waals surface area contributed by atoms with E-state index in [-0.39, 0.29) is 0 Å². The average Bonchev–Trinajstić information content (AvgIpc) is 3.06. The summed E-state index contributed by atoms with van der Waals surface area (Å²) in [6.07, 6.45) is 29.1. The molecule has 0 aromatic rings.